The standard InChI is InChI=1S/C12H21NOS/c1-3-11(13-8-10(2)9-14)7-12-5-4-6-15-12/h4-6,10-11,13-14H,3,7-9H2,1-2H3. The lowest BCUT2D eigenvalue weighted by atomic mass is 10.1. The van der Waals surface area contributed by atoms with Gasteiger partial charge in [0.1, 0.15) is 0 Å². The summed E-state index contributed by atoms with van der Waals surface area (Å²) in [5, 5.41) is 14.6. The van der Waals surface area contributed by atoms with Crippen LogP contribution >= 0.6 is 11.3 Å². The fraction of sp³-hybridized carbons (Fsp3) is 0.667. The zero-order valence-corrected chi connectivity index (χ0v) is 10.4. The van der Waals surface area contributed by atoms with Crippen molar-refractivity contribution >= 4 is 11.3 Å². The molecule has 1 rings (SSSR count). The number of hydrogen-bond donors (Lipinski definition) is 2. The Morgan fingerprint density at radius 1 is 1.53 bits per heavy atom. The Morgan fingerprint density at radius 3 is 2.87 bits per heavy atom. The molecule has 0 aromatic carbocycles. The molecule has 0 aliphatic heterocycles. The summed E-state index contributed by atoms with van der Waals surface area (Å²) in [6.45, 7) is 5.43. The molecule has 1 heterocycles. The van der Waals surface area contributed by atoms with E-state index in [1.54, 1.807) is 0 Å². The van der Waals surface area contributed by atoms with Crippen LogP contribution in [-0.2, 0) is 6.42 Å². The molecule has 0 aliphatic rings. The molecule has 3 heteroatoms. The van der Waals surface area contributed by atoms with Crippen molar-refractivity contribution < 1.29 is 5.11 Å². The molecule has 15 heavy (non-hydrogen) atoms. The minimum absolute atomic E-state index is 0.266. The van der Waals surface area contributed by atoms with Crippen LogP contribution in [0.3, 0.4) is 0 Å². The first kappa shape index (κ1) is 12.7. The van der Waals surface area contributed by atoms with Crippen LogP contribution in [0, 0.1) is 5.92 Å². The van der Waals surface area contributed by atoms with E-state index in [1.165, 1.54) is 4.88 Å². The molecule has 2 unspecified atom stereocenters. The van der Waals surface area contributed by atoms with Crippen molar-refractivity contribution in [3.05, 3.63) is 22.4 Å². The van der Waals surface area contributed by atoms with Crippen molar-refractivity contribution in [1.82, 2.24) is 5.32 Å². The maximum absolute atomic E-state index is 8.94. The number of aliphatic hydroxyl groups excluding tert-OH is 1. The Morgan fingerprint density at radius 2 is 2.33 bits per heavy atom. The Labute approximate surface area is 96.3 Å². The van der Waals surface area contributed by atoms with E-state index in [2.05, 4.69) is 36.7 Å². The van der Waals surface area contributed by atoms with Crippen LogP contribution in [0.1, 0.15) is 25.1 Å². The van der Waals surface area contributed by atoms with Gasteiger partial charge >= 0.3 is 0 Å². The van der Waals surface area contributed by atoms with Crippen LogP contribution in [-0.4, -0.2) is 24.3 Å². The largest absolute Gasteiger partial charge is 0.396 e. The maximum atomic E-state index is 8.94. The summed E-state index contributed by atoms with van der Waals surface area (Å²) in [7, 11) is 0. The summed E-state index contributed by atoms with van der Waals surface area (Å²) in [4.78, 5) is 1.44. The highest BCUT2D eigenvalue weighted by Gasteiger charge is 2.09. The van der Waals surface area contributed by atoms with E-state index in [0.29, 0.717) is 12.0 Å². The van der Waals surface area contributed by atoms with E-state index in [0.717, 1.165) is 19.4 Å². The van der Waals surface area contributed by atoms with Crippen LogP contribution in [0.2, 0.25) is 0 Å². The third-order valence-electron chi connectivity index (χ3n) is 2.59. The molecule has 1 aromatic heterocycles. The van der Waals surface area contributed by atoms with E-state index in [-0.39, 0.29) is 6.61 Å². The fourth-order valence-electron chi connectivity index (χ4n) is 1.46. The third-order valence-corrected chi connectivity index (χ3v) is 3.49. The van der Waals surface area contributed by atoms with Gasteiger partial charge in [0.05, 0.1) is 0 Å². The van der Waals surface area contributed by atoms with Gasteiger partial charge in [0.2, 0.25) is 0 Å². The van der Waals surface area contributed by atoms with E-state index < -0.39 is 0 Å². The average Bonchev–Trinajstić information content (AvgIpc) is 2.76. The number of rotatable bonds is 7. The first-order chi connectivity index (χ1) is 7.26. The summed E-state index contributed by atoms with van der Waals surface area (Å²) in [6.07, 6.45) is 2.24. The lowest BCUT2D eigenvalue weighted by molar-refractivity contribution is 0.229. The van der Waals surface area contributed by atoms with Crippen molar-refractivity contribution in [2.45, 2.75) is 32.7 Å². The van der Waals surface area contributed by atoms with Gasteiger partial charge in [-0.05, 0) is 30.2 Å². The third kappa shape index (κ3) is 4.78. The van der Waals surface area contributed by atoms with Crippen molar-refractivity contribution in [2.24, 2.45) is 5.92 Å². The zero-order valence-electron chi connectivity index (χ0n) is 9.57. The van der Waals surface area contributed by atoms with Gasteiger partial charge in [-0.2, -0.15) is 0 Å². The predicted octanol–water partition coefficient (Wildman–Crippen LogP) is 2.29. The smallest absolute Gasteiger partial charge is 0.0468 e. The Balaban J connectivity index is 2.30. The van der Waals surface area contributed by atoms with Crippen LogP contribution < -0.4 is 5.32 Å². The second-order valence-electron chi connectivity index (χ2n) is 4.08. The molecule has 0 saturated carbocycles. The van der Waals surface area contributed by atoms with Gasteiger partial charge in [-0.15, -0.1) is 11.3 Å². The zero-order chi connectivity index (χ0) is 11.1. The van der Waals surface area contributed by atoms with E-state index in [1.807, 2.05) is 11.3 Å². The van der Waals surface area contributed by atoms with Crippen molar-refractivity contribution in [3.8, 4) is 0 Å². The van der Waals surface area contributed by atoms with Gasteiger partial charge in [-0.1, -0.05) is 19.9 Å². The van der Waals surface area contributed by atoms with Gasteiger partial charge < -0.3 is 10.4 Å². The van der Waals surface area contributed by atoms with Crippen molar-refractivity contribution in [1.29, 1.82) is 0 Å². The quantitative estimate of drug-likeness (QED) is 0.749. The van der Waals surface area contributed by atoms with Crippen molar-refractivity contribution in [2.75, 3.05) is 13.2 Å². The molecule has 0 fully saturated rings. The Kier molecular flexibility index (Phi) is 5.91. The average molecular weight is 227 g/mol. The highest BCUT2D eigenvalue weighted by molar-refractivity contribution is 7.09. The molecule has 0 amide bonds. The first-order valence-electron chi connectivity index (χ1n) is 5.62. The normalized spacial score (nSPS) is 15.1. The topological polar surface area (TPSA) is 32.3 Å². The Hall–Kier alpha value is -0.380. The lowest BCUT2D eigenvalue weighted by Crippen LogP contribution is -2.34. The molecule has 0 spiro atoms. The maximum Gasteiger partial charge on any atom is 0.0468 e. The first-order valence-corrected chi connectivity index (χ1v) is 6.50. The molecular weight excluding hydrogens is 206 g/mol. The number of thiophene rings is 1. The highest BCUT2D eigenvalue weighted by Crippen LogP contribution is 2.12. The molecule has 1 aromatic rings. The van der Waals surface area contributed by atoms with Gasteiger partial charge in [-0.25, -0.2) is 0 Å². The molecule has 0 aliphatic carbocycles. The summed E-state index contributed by atoms with van der Waals surface area (Å²) in [5.41, 5.74) is 0. The monoisotopic (exact) mass is 227 g/mol. The second-order valence-corrected chi connectivity index (χ2v) is 5.12. The molecule has 0 bridgehead atoms. The van der Waals surface area contributed by atoms with Crippen LogP contribution in [0.25, 0.3) is 0 Å². The van der Waals surface area contributed by atoms with Crippen LogP contribution in [0.4, 0.5) is 0 Å². The lowest BCUT2D eigenvalue weighted by Gasteiger charge is -2.18. The summed E-state index contributed by atoms with van der Waals surface area (Å²) >= 11 is 1.82. The van der Waals surface area contributed by atoms with Gasteiger partial charge in [0.25, 0.3) is 0 Å². The van der Waals surface area contributed by atoms with Crippen LogP contribution in [0.15, 0.2) is 17.5 Å². The molecule has 2 N–H and O–H groups in total. The SMILES string of the molecule is CCC(Cc1cccs1)NCC(C)CO. The molecule has 0 radical (unpaired) electrons. The number of nitrogens with one attached hydrogen (secondary N) is 1. The second kappa shape index (κ2) is 6.99. The fourth-order valence-corrected chi connectivity index (χ4v) is 2.25. The molecular formula is C12H21NOS. The number of aliphatic hydroxyl groups is 1. The Bertz CT molecular complexity index is 248. The highest BCUT2D eigenvalue weighted by atomic mass is 32.1. The van der Waals surface area contributed by atoms with E-state index >= 15 is 0 Å². The molecule has 2 atom stereocenters. The minimum Gasteiger partial charge on any atom is -0.396 e. The molecule has 86 valence electrons. The number of hydrogen-bond acceptors (Lipinski definition) is 3. The minimum atomic E-state index is 0.266. The van der Waals surface area contributed by atoms with E-state index in [4.69, 9.17) is 5.11 Å². The molecule has 0 saturated heterocycles. The summed E-state index contributed by atoms with van der Waals surface area (Å²) in [6, 6.07) is 4.82. The van der Waals surface area contributed by atoms with Crippen molar-refractivity contribution in [3.63, 3.8) is 0 Å². The molecule has 2 nitrogen and oxygen atoms in total. The van der Waals surface area contributed by atoms with Gasteiger partial charge in [-0.3, -0.25) is 0 Å². The van der Waals surface area contributed by atoms with Gasteiger partial charge in [0, 0.05) is 24.1 Å². The van der Waals surface area contributed by atoms with Gasteiger partial charge in [0.15, 0.2) is 0 Å². The predicted molar refractivity (Wildman–Crippen MR) is 66.4 cm³/mol. The van der Waals surface area contributed by atoms with E-state index in [9.17, 15) is 0 Å². The summed E-state index contributed by atoms with van der Waals surface area (Å²) < 4.78 is 0. The van der Waals surface area contributed by atoms with Crippen LogP contribution in [0.5, 0.6) is 0 Å². The summed E-state index contributed by atoms with van der Waals surface area (Å²) in [5.74, 6) is 0.349.